The topological polar surface area (TPSA) is 63.6 Å². The Balaban J connectivity index is 2.03. The van der Waals surface area contributed by atoms with Gasteiger partial charge in [0.2, 0.25) is 0 Å². The Morgan fingerprint density at radius 2 is 1.53 bits per heavy atom. The van der Waals surface area contributed by atoms with Gasteiger partial charge in [0.25, 0.3) is 0 Å². The second-order valence-corrected chi connectivity index (χ2v) is 7.12. The van der Waals surface area contributed by atoms with Crippen molar-refractivity contribution in [3.63, 3.8) is 0 Å². The maximum atomic E-state index is 12.2. The van der Waals surface area contributed by atoms with E-state index in [1.807, 2.05) is 0 Å². The summed E-state index contributed by atoms with van der Waals surface area (Å²) in [4.78, 5) is 24.0. The molecule has 0 aromatic carbocycles. The summed E-state index contributed by atoms with van der Waals surface area (Å²) in [6.45, 7) is 1.59. The Bertz CT molecular complexity index is 393. The first-order chi connectivity index (χ1) is 8.91. The summed E-state index contributed by atoms with van der Waals surface area (Å²) in [6.07, 6.45) is 6.35. The molecule has 1 atom stereocenters. The SMILES string of the molecule is COC(=O)C(C)(C(=O)O)C12CC3CC(CC(C3)C1)C2. The van der Waals surface area contributed by atoms with Crippen molar-refractivity contribution >= 4 is 11.9 Å². The fourth-order valence-electron chi connectivity index (χ4n) is 5.46. The van der Waals surface area contributed by atoms with E-state index >= 15 is 0 Å². The number of methoxy groups -OCH3 is 1. The molecule has 106 valence electrons. The molecule has 0 saturated heterocycles. The van der Waals surface area contributed by atoms with Crippen LogP contribution in [0.2, 0.25) is 0 Å². The number of carbonyl (C=O) groups is 2. The van der Waals surface area contributed by atoms with Crippen molar-refractivity contribution in [2.45, 2.75) is 45.4 Å². The van der Waals surface area contributed by atoms with Crippen molar-refractivity contribution in [2.24, 2.45) is 28.6 Å². The van der Waals surface area contributed by atoms with Gasteiger partial charge in [-0.15, -0.1) is 0 Å². The molecule has 0 aliphatic heterocycles. The molecular formula is C15H22O4. The molecule has 0 spiro atoms. The molecule has 1 N–H and O–H groups in total. The largest absolute Gasteiger partial charge is 0.480 e. The predicted octanol–water partition coefficient (Wildman–Crippen LogP) is 2.47. The zero-order chi connectivity index (χ0) is 13.8. The van der Waals surface area contributed by atoms with Crippen molar-refractivity contribution in [3.05, 3.63) is 0 Å². The van der Waals surface area contributed by atoms with E-state index < -0.39 is 17.4 Å². The van der Waals surface area contributed by atoms with E-state index in [2.05, 4.69) is 0 Å². The maximum Gasteiger partial charge on any atom is 0.323 e. The Hall–Kier alpha value is -1.06. The van der Waals surface area contributed by atoms with Crippen LogP contribution < -0.4 is 0 Å². The van der Waals surface area contributed by atoms with Crippen LogP contribution in [0.4, 0.5) is 0 Å². The molecule has 19 heavy (non-hydrogen) atoms. The average Bonchev–Trinajstić information content (AvgIpc) is 2.34. The van der Waals surface area contributed by atoms with Gasteiger partial charge in [0.15, 0.2) is 5.41 Å². The van der Waals surface area contributed by atoms with E-state index in [0.29, 0.717) is 17.8 Å². The van der Waals surface area contributed by atoms with Crippen LogP contribution in [0, 0.1) is 28.6 Å². The number of carbonyl (C=O) groups excluding carboxylic acids is 1. The van der Waals surface area contributed by atoms with Gasteiger partial charge in [-0.3, -0.25) is 9.59 Å². The first kappa shape index (κ1) is 12.9. The third-order valence-electron chi connectivity index (χ3n) is 6.12. The molecule has 4 rings (SSSR count). The van der Waals surface area contributed by atoms with Crippen LogP contribution in [-0.2, 0) is 14.3 Å². The molecule has 1 unspecified atom stereocenters. The van der Waals surface area contributed by atoms with Crippen LogP contribution in [0.5, 0.6) is 0 Å². The molecule has 0 aromatic heterocycles. The quantitative estimate of drug-likeness (QED) is 0.629. The fraction of sp³-hybridized carbons (Fsp3) is 0.867. The Labute approximate surface area is 113 Å². The lowest BCUT2D eigenvalue weighted by Crippen LogP contribution is -2.59. The van der Waals surface area contributed by atoms with E-state index in [0.717, 1.165) is 19.3 Å². The van der Waals surface area contributed by atoms with Crippen LogP contribution in [-0.4, -0.2) is 24.2 Å². The van der Waals surface area contributed by atoms with Crippen LogP contribution in [0.25, 0.3) is 0 Å². The van der Waals surface area contributed by atoms with E-state index in [-0.39, 0.29) is 5.41 Å². The Kier molecular flexibility index (Phi) is 2.70. The first-order valence-corrected chi connectivity index (χ1v) is 7.23. The summed E-state index contributed by atoms with van der Waals surface area (Å²) in [5, 5.41) is 9.69. The summed E-state index contributed by atoms with van der Waals surface area (Å²) in [5.41, 5.74) is -1.75. The van der Waals surface area contributed by atoms with Crippen molar-refractivity contribution in [3.8, 4) is 0 Å². The van der Waals surface area contributed by atoms with Crippen molar-refractivity contribution in [1.29, 1.82) is 0 Å². The molecule has 4 fully saturated rings. The number of carboxylic acid groups (broad SMARTS) is 1. The lowest BCUT2D eigenvalue weighted by molar-refractivity contribution is -0.193. The van der Waals surface area contributed by atoms with Crippen LogP contribution in [0.1, 0.15) is 45.4 Å². The number of hydrogen-bond donors (Lipinski definition) is 1. The van der Waals surface area contributed by atoms with Gasteiger partial charge in [-0.1, -0.05) is 0 Å². The van der Waals surface area contributed by atoms with Crippen LogP contribution >= 0.6 is 0 Å². The van der Waals surface area contributed by atoms with Gasteiger partial charge in [-0.05, 0) is 68.6 Å². The van der Waals surface area contributed by atoms with Gasteiger partial charge in [0.1, 0.15) is 0 Å². The predicted molar refractivity (Wildman–Crippen MR) is 68.4 cm³/mol. The molecule has 4 heteroatoms. The zero-order valence-electron chi connectivity index (χ0n) is 11.6. The highest BCUT2D eigenvalue weighted by molar-refractivity contribution is 5.99. The lowest BCUT2D eigenvalue weighted by atomic mass is 9.43. The first-order valence-electron chi connectivity index (χ1n) is 7.23. The van der Waals surface area contributed by atoms with Crippen molar-refractivity contribution < 1.29 is 19.4 Å². The second-order valence-electron chi connectivity index (χ2n) is 7.12. The molecule has 4 saturated carbocycles. The zero-order valence-corrected chi connectivity index (χ0v) is 11.6. The summed E-state index contributed by atoms with van der Waals surface area (Å²) in [5.74, 6) is 0.280. The monoisotopic (exact) mass is 266 g/mol. The van der Waals surface area contributed by atoms with Crippen molar-refractivity contribution in [1.82, 2.24) is 0 Å². The Morgan fingerprint density at radius 3 is 1.84 bits per heavy atom. The molecule has 0 aromatic rings. The highest BCUT2D eigenvalue weighted by atomic mass is 16.5. The highest BCUT2D eigenvalue weighted by Gasteiger charge is 2.65. The standard InChI is InChI=1S/C15H22O4/c1-14(12(16)17,13(18)19-2)15-6-9-3-10(7-15)5-11(4-9)8-15/h9-11H,3-8H2,1-2H3,(H,16,17). The molecule has 4 aliphatic carbocycles. The van der Waals surface area contributed by atoms with Gasteiger partial charge in [0.05, 0.1) is 7.11 Å². The summed E-state index contributed by atoms with van der Waals surface area (Å²) in [7, 11) is 1.30. The van der Waals surface area contributed by atoms with Crippen LogP contribution in [0.15, 0.2) is 0 Å². The number of aliphatic carboxylic acids is 1. The normalized spacial score (nSPS) is 42.7. The van der Waals surface area contributed by atoms with Gasteiger partial charge in [0, 0.05) is 0 Å². The second kappa shape index (κ2) is 3.97. The molecular weight excluding hydrogens is 244 g/mol. The summed E-state index contributed by atoms with van der Waals surface area (Å²) >= 11 is 0. The van der Waals surface area contributed by atoms with E-state index in [9.17, 15) is 14.7 Å². The van der Waals surface area contributed by atoms with Gasteiger partial charge in [-0.2, -0.15) is 0 Å². The summed E-state index contributed by atoms with van der Waals surface area (Å²) in [6, 6.07) is 0. The van der Waals surface area contributed by atoms with Gasteiger partial charge < -0.3 is 9.84 Å². The van der Waals surface area contributed by atoms with Gasteiger partial charge >= 0.3 is 11.9 Å². The minimum Gasteiger partial charge on any atom is -0.480 e. The number of rotatable bonds is 3. The molecule has 4 aliphatic rings. The molecule has 4 nitrogen and oxygen atoms in total. The summed E-state index contributed by atoms with van der Waals surface area (Å²) < 4.78 is 4.85. The third-order valence-corrected chi connectivity index (χ3v) is 6.12. The third kappa shape index (κ3) is 1.58. The van der Waals surface area contributed by atoms with E-state index in [4.69, 9.17) is 4.74 Å². The maximum absolute atomic E-state index is 12.2. The highest BCUT2D eigenvalue weighted by Crippen LogP contribution is 2.66. The number of esters is 1. The molecule has 0 heterocycles. The number of ether oxygens (including phenoxy) is 1. The number of carboxylic acids is 1. The minimum absolute atomic E-state index is 0.374. The number of hydrogen-bond acceptors (Lipinski definition) is 3. The lowest BCUT2D eigenvalue weighted by Gasteiger charge is -2.60. The van der Waals surface area contributed by atoms with E-state index in [1.165, 1.54) is 26.4 Å². The minimum atomic E-state index is -1.38. The fourth-order valence-corrected chi connectivity index (χ4v) is 5.46. The van der Waals surface area contributed by atoms with Gasteiger partial charge in [-0.25, -0.2) is 0 Å². The Morgan fingerprint density at radius 1 is 1.11 bits per heavy atom. The average molecular weight is 266 g/mol. The molecule has 4 bridgehead atoms. The van der Waals surface area contributed by atoms with E-state index in [1.54, 1.807) is 6.92 Å². The molecule has 0 amide bonds. The van der Waals surface area contributed by atoms with Crippen LogP contribution in [0.3, 0.4) is 0 Å². The van der Waals surface area contributed by atoms with Crippen molar-refractivity contribution in [2.75, 3.05) is 7.11 Å². The molecule has 0 radical (unpaired) electrons. The smallest absolute Gasteiger partial charge is 0.323 e.